The fraction of sp³-hybridized carbons (Fsp3) is 0.471. The lowest BCUT2D eigenvalue weighted by atomic mass is 9.88. The predicted molar refractivity (Wildman–Crippen MR) is 86.1 cm³/mol. The fourth-order valence-electron chi connectivity index (χ4n) is 3.40. The lowest BCUT2D eigenvalue weighted by Crippen LogP contribution is -2.33. The molecule has 1 aromatic heterocycles. The molecule has 0 saturated heterocycles. The van der Waals surface area contributed by atoms with Crippen LogP contribution in [0.25, 0.3) is 0 Å². The Morgan fingerprint density at radius 2 is 2.26 bits per heavy atom. The first-order valence-corrected chi connectivity index (χ1v) is 7.89. The van der Waals surface area contributed by atoms with Gasteiger partial charge < -0.3 is 15.0 Å². The van der Waals surface area contributed by atoms with E-state index in [1.165, 1.54) is 7.11 Å². The summed E-state index contributed by atoms with van der Waals surface area (Å²) in [5, 5.41) is 2.79. The minimum atomic E-state index is -0.188. The zero-order chi connectivity index (χ0) is 16.4. The van der Waals surface area contributed by atoms with E-state index in [2.05, 4.69) is 10.3 Å². The van der Waals surface area contributed by atoms with Crippen LogP contribution >= 0.6 is 0 Å². The monoisotopic (exact) mass is 315 g/mol. The van der Waals surface area contributed by atoms with Gasteiger partial charge in [-0.1, -0.05) is 6.42 Å². The number of aromatic nitrogens is 1. The van der Waals surface area contributed by atoms with Crippen LogP contribution in [0.1, 0.15) is 32.1 Å². The molecule has 1 fully saturated rings. The first kappa shape index (κ1) is 15.5. The van der Waals surface area contributed by atoms with E-state index in [-0.39, 0.29) is 24.3 Å². The molecule has 0 aromatic carbocycles. The van der Waals surface area contributed by atoms with Crippen LogP contribution in [-0.4, -0.2) is 41.9 Å². The highest BCUT2D eigenvalue weighted by Gasteiger charge is 2.38. The number of ether oxygens (including phenoxy) is 1. The van der Waals surface area contributed by atoms with Gasteiger partial charge in [0.25, 0.3) is 5.91 Å². The highest BCUT2D eigenvalue weighted by Crippen LogP contribution is 2.37. The number of carbonyl (C=O) groups excluding carboxylic acids is 2. The summed E-state index contributed by atoms with van der Waals surface area (Å²) in [4.78, 5) is 30.5. The molecular formula is C17H21N3O3. The van der Waals surface area contributed by atoms with Gasteiger partial charge in [-0.15, -0.1) is 0 Å². The van der Waals surface area contributed by atoms with E-state index >= 15 is 0 Å². The number of anilines is 1. The summed E-state index contributed by atoms with van der Waals surface area (Å²) in [6, 6.07) is 3.61. The van der Waals surface area contributed by atoms with Gasteiger partial charge in [-0.2, -0.15) is 0 Å². The molecule has 1 aliphatic carbocycles. The molecule has 1 aliphatic heterocycles. The smallest absolute Gasteiger partial charge is 0.250 e. The zero-order valence-corrected chi connectivity index (χ0v) is 13.5. The average molecular weight is 315 g/mol. The van der Waals surface area contributed by atoms with Gasteiger partial charge in [0, 0.05) is 18.7 Å². The van der Waals surface area contributed by atoms with Crippen LogP contribution in [0.15, 0.2) is 29.5 Å². The van der Waals surface area contributed by atoms with Crippen LogP contribution in [0.3, 0.4) is 0 Å². The molecule has 122 valence electrons. The van der Waals surface area contributed by atoms with E-state index in [1.807, 2.05) is 7.05 Å². The molecule has 0 radical (unpaired) electrons. The van der Waals surface area contributed by atoms with E-state index in [1.54, 1.807) is 23.2 Å². The first-order chi connectivity index (χ1) is 11.1. The van der Waals surface area contributed by atoms with Gasteiger partial charge in [0.15, 0.2) is 0 Å². The zero-order valence-electron chi connectivity index (χ0n) is 13.5. The largest absolute Gasteiger partial charge is 0.481 e. The summed E-state index contributed by atoms with van der Waals surface area (Å²) < 4.78 is 4.99. The molecule has 0 bridgehead atoms. The third-order valence-electron chi connectivity index (χ3n) is 4.58. The number of carbonyl (C=O) groups is 2. The van der Waals surface area contributed by atoms with Crippen molar-refractivity contribution in [3.63, 3.8) is 0 Å². The summed E-state index contributed by atoms with van der Waals surface area (Å²) >= 11 is 0. The van der Waals surface area contributed by atoms with Crippen molar-refractivity contribution >= 4 is 17.5 Å². The van der Waals surface area contributed by atoms with Crippen LogP contribution in [-0.2, 0) is 9.59 Å². The van der Waals surface area contributed by atoms with Crippen LogP contribution in [0.5, 0.6) is 5.88 Å². The summed E-state index contributed by atoms with van der Waals surface area (Å²) in [7, 11) is 3.37. The molecule has 1 saturated carbocycles. The minimum Gasteiger partial charge on any atom is -0.481 e. The van der Waals surface area contributed by atoms with E-state index in [4.69, 9.17) is 4.74 Å². The number of fused-ring (bicyclic) bond motifs is 1. The number of rotatable bonds is 4. The highest BCUT2D eigenvalue weighted by molar-refractivity contribution is 6.04. The Bertz CT molecular complexity index is 652. The van der Waals surface area contributed by atoms with E-state index < -0.39 is 0 Å². The third-order valence-corrected chi connectivity index (χ3v) is 4.58. The van der Waals surface area contributed by atoms with Crippen molar-refractivity contribution in [1.29, 1.82) is 0 Å². The summed E-state index contributed by atoms with van der Waals surface area (Å²) in [5.74, 6) is 0.299. The van der Waals surface area contributed by atoms with E-state index in [0.29, 0.717) is 17.1 Å². The fourth-order valence-corrected chi connectivity index (χ4v) is 3.40. The number of hydrogen-bond donors (Lipinski definition) is 1. The van der Waals surface area contributed by atoms with Crippen molar-refractivity contribution in [2.45, 2.75) is 38.1 Å². The van der Waals surface area contributed by atoms with Gasteiger partial charge in [-0.05, 0) is 30.9 Å². The number of nitrogens with one attached hydrogen (secondary N) is 1. The van der Waals surface area contributed by atoms with Gasteiger partial charge in [0.2, 0.25) is 11.8 Å². The Hall–Kier alpha value is -2.37. The highest BCUT2D eigenvalue weighted by atomic mass is 16.5. The first-order valence-electron chi connectivity index (χ1n) is 7.89. The lowest BCUT2D eigenvalue weighted by molar-refractivity contribution is -0.127. The Morgan fingerprint density at radius 1 is 1.43 bits per heavy atom. The molecular weight excluding hydrogens is 294 g/mol. The molecule has 0 spiro atoms. The molecule has 6 nitrogen and oxygen atoms in total. The third kappa shape index (κ3) is 3.06. The number of hydrogen-bond acceptors (Lipinski definition) is 4. The second-order valence-electron chi connectivity index (χ2n) is 6.00. The maximum absolute atomic E-state index is 12.4. The van der Waals surface area contributed by atoms with Crippen LogP contribution in [0, 0.1) is 0 Å². The van der Waals surface area contributed by atoms with Crippen molar-refractivity contribution in [2.24, 2.45) is 0 Å². The summed E-state index contributed by atoms with van der Waals surface area (Å²) in [6.45, 7) is 0. The Balaban J connectivity index is 1.70. The van der Waals surface area contributed by atoms with Gasteiger partial charge in [0.1, 0.15) is 0 Å². The molecule has 2 amide bonds. The SMILES string of the molecule is COc1ccc(NC(=O)CC2=C3CCCCC3N(C)C2=O)cn1. The molecule has 1 atom stereocenters. The minimum absolute atomic E-state index is 0.00472. The molecule has 23 heavy (non-hydrogen) atoms. The van der Waals surface area contributed by atoms with Gasteiger partial charge >= 0.3 is 0 Å². The van der Waals surface area contributed by atoms with Crippen LogP contribution in [0.4, 0.5) is 5.69 Å². The summed E-state index contributed by atoms with van der Waals surface area (Å²) in [6.07, 6.45) is 5.84. The maximum Gasteiger partial charge on any atom is 0.250 e. The number of amides is 2. The Kier molecular flexibility index (Phi) is 4.32. The maximum atomic E-state index is 12.4. The lowest BCUT2D eigenvalue weighted by Gasteiger charge is -2.26. The Morgan fingerprint density at radius 3 is 2.96 bits per heavy atom. The second kappa shape index (κ2) is 6.40. The van der Waals surface area contributed by atoms with Crippen molar-refractivity contribution < 1.29 is 14.3 Å². The van der Waals surface area contributed by atoms with Gasteiger partial charge in [0.05, 0.1) is 31.5 Å². The molecule has 2 aliphatic rings. The molecule has 2 heterocycles. The van der Waals surface area contributed by atoms with Crippen LogP contribution in [0.2, 0.25) is 0 Å². The van der Waals surface area contributed by atoms with Crippen molar-refractivity contribution in [3.8, 4) is 5.88 Å². The molecule has 1 N–H and O–H groups in total. The van der Waals surface area contributed by atoms with Crippen molar-refractivity contribution in [1.82, 2.24) is 9.88 Å². The van der Waals surface area contributed by atoms with E-state index in [0.717, 1.165) is 31.3 Å². The Labute approximate surface area is 135 Å². The number of methoxy groups -OCH3 is 1. The number of likely N-dealkylation sites (N-methyl/N-ethyl adjacent to an activating group) is 1. The number of nitrogens with zero attached hydrogens (tertiary/aromatic N) is 2. The standard InChI is InChI=1S/C17H21N3O3/c1-20-14-6-4-3-5-12(14)13(17(20)22)9-15(21)19-11-7-8-16(23-2)18-10-11/h7-8,10,14H,3-6,9H2,1-2H3,(H,19,21). The van der Waals surface area contributed by atoms with E-state index in [9.17, 15) is 9.59 Å². The number of pyridine rings is 1. The predicted octanol–water partition coefficient (Wildman–Crippen LogP) is 2.13. The van der Waals surface area contributed by atoms with Crippen molar-refractivity contribution in [3.05, 3.63) is 29.5 Å². The normalized spacial score (nSPS) is 20.5. The summed E-state index contributed by atoms with van der Waals surface area (Å²) in [5.41, 5.74) is 2.43. The topological polar surface area (TPSA) is 71.5 Å². The molecule has 3 rings (SSSR count). The average Bonchev–Trinajstić information content (AvgIpc) is 2.81. The quantitative estimate of drug-likeness (QED) is 0.924. The molecule has 1 aromatic rings. The van der Waals surface area contributed by atoms with Crippen molar-refractivity contribution in [2.75, 3.05) is 19.5 Å². The molecule has 6 heteroatoms. The molecule has 1 unspecified atom stereocenters. The second-order valence-corrected chi connectivity index (χ2v) is 6.00. The van der Waals surface area contributed by atoms with Gasteiger partial charge in [-0.25, -0.2) is 4.98 Å². The van der Waals surface area contributed by atoms with Gasteiger partial charge in [-0.3, -0.25) is 9.59 Å². The van der Waals surface area contributed by atoms with Crippen LogP contribution < -0.4 is 10.1 Å².